The van der Waals surface area contributed by atoms with Crippen molar-refractivity contribution in [3.63, 3.8) is 0 Å². The number of nitrogens with two attached hydrogens (primary N) is 2. The van der Waals surface area contributed by atoms with E-state index in [1.807, 2.05) is 24.3 Å². The highest BCUT2D eigenvalue weighted by Crippen LogP contribution is 2.22. The zero-order chi connectivity index (χ0) is 10.8. The lowest BCUT2D eigenvalue weighted by Crippen LogP contribution is -2.14. The second kappa shape index (κ2) is 3.49. The van der Waals surface area contributed by atoms with Gasteiger partial charge in [-0.3, -0.25) is 9.47 Å². The molecule has 1 amide bonds. The number of aromatic nitrogens is 1. The normalized spacial score (nSPS) is 10.1. The molecule has 1 aromatic heterocycles. The fourth-order valence-corrected chi connectivity index (χ4v) is 1.54. The zero-order valence-corrected chi connectivity index (χ0v) is 8.05. The molecule has 4 N–H and O–H groups in total. The molecule has 0 aliphatic rings. The van der Waals surface area contributed by atoms with Gasteiger partial charge in [0.05, 0.1) is 5.69 Å². The summed E-state index contributed by atoms with van der Waals surface area (Å²) in [6, 6.07) is 10.8. The molecule has 2 rings (SSSR count). The summed E-state index contributed by atoms with van der Waals surface area (Å²) in [6.45, 7) is 0. The molecule has 4 nitrogen and oxygen atoms in total. The van der Waals surface area contributed by atoms with Crippen LogP contribution in [0.5, 0.6) is 0 Å². The Morgan fingerprint density at radius 2 is 1.87 bits per heavy atom. The maximum Gasteiger partial charge on any atom is 0.249 e. The molecule has 0 aliphatic carbocycles. The van der Waals surface area contributed by atoms with E-state index in [2.05, 4.69) is 0 Å². The molecule has 0 unspecified atom stereocenters. The first kappa shape index (κ1) is 9.33. The number of nitrogens with zero attached hydrogens (tertiary/aromatic N) is 1. The average Bonchev–Trinajstić information content (AvgIpc) is 2.64. The summed E-state index contributed by atoms with van der Waals surface area (Å²) in [6.07, 6.45) is 1.72. The third-order valence-corrected chi connectivity index (χ3v) is 2.25. The molecular formula is C11H11N3O. The van der Waals surface area contributed by atoms with E-state index < -0.39 is 5.91 Å². The third kappa shape index (κ3) is 1.57. The maximum atomic E-state index is 11.2. The van der Waals surface area contributed by atoms with Gasteiger partial charge in [-0.25, -0.2) is 0 Å². The zero-order valence-electron chi connectivity index (χ0n) is 8.05. The van der Waals surface area contributed by atoms with E-state index in [-0.39, 0.29) is 0 Å². The molecular weight excluding hydrogens is 190 g/mol. The summed E-state index contributed by atoms with van der Waals surface area (Å²) in [5.74, 6) is 5.25. The van der Waals surface area contributed by atoms with Crippen LogP contribution in [-0.2, 0) is 0 Å². The Kier molecular flexibility index (Phi) is 2.17. The van der Waals surface area contributed by atoms with Gasteiger partial charge in [0.1, 0.15) is 0 Å². The fraction of sp³-hybridized carbons (Fsp3) is 0. The minimum Gasteiger partial charge on any atom is -0.366 e. The van der Waals surface area contributed by atoms with Crippen LogP contribution in [0.2, 0.25) is 0 Å². The van der Waals surface area contributed by atoms with E-state index >= 15 is 0 Å². The van der Waals surface area contributed by atoms with E-state index in [1.54, 1.807) is 18.3 Å². The highest BCUT2D eigenvalue weighted by atomic mass is 16.1. The molecule has 0 fully saturated rings. The quantitative estimate of drug-likeness (QED) is 0.710. The number of carbonyl (C=O) groups is 1. The van der Waals surface area contributed by atoms with Gasteiger partial charge in [0, 0.05) is 17.3 Å². The predicted molar refractivity (Wildman–Crippen MR) is 58.5 cm³/mol. The van der Waals surface area contributed by atoms with E-state index in [0.717, 1.165) is 11.3 Å². The van der Waals surface area contributed by atoms with Gasteiger partial charge in [-0.05, 0) is 18.2 Å². The smallest absolute Gasteiger partial charge is 0.249 e. The molecule has 0 aliphatic heterocycles. The van der Waals surface area contributed by atoms with Gasteiger partial charge < -0.3 is 11.6 Å². The van der Waals surface area contributed by atoms with E-state index in [9.17, 15) is 4.79 Å². The lowest BCUT2D eigenvalue weighted by molar-refractivity contribution is 0.100. The van der Waals surface area contributed by atoms with E-state index in [0.29, 0.717) is 5.56 Å². The van der Waals surface area contributed by atoms with Crippen molar-refractivity contribution in [2.75, 3.05) is 5.84 Å². The second-order valence-electron chi connectivity index (χ2n) is 3.21. The van der Waals surface area contributed by atoms with Crippen LogP contribution in [0.4, 0.5) is 0 Å². The molecule has 0 saturated heterocycles. The number of rotatable bonds is 2. The van der Waals surface area contributed by atoms with Crippen molar-refractivity contribution in [1.82, 2.24) is 4.68 Å². The Morgan fingerprint density at radius 3 is 2.47 bits per heavy atom. The number of benzene rings is 1. The van der Waals surface area contributed by atoms with Crippen molar-refractivity contribution in [3.8, 4) is 11.3 Å². The van der Waals surface area contributed by atoms with Gasteiger partial charge in [-0.2, -0.15) is 0 Å². The number of nitrogen functional groups attached to an aromatic ring is 1. The molecule has 0 atom stereocenters. The van der Waals surface area contributed by atoms with Gasteiger partial charge in [0.2, 0.25) is 5.91 Å². The van der Waals surface area contributed by atoms with Gasteiger partial charge in [-0.15, -0.1) is 0 Å². The van der Waals surface area contributed by atoms with E-state index in [4.69, 9.17) is 11.6 Å². The summed E-state index contributed by atoms with van der Waals surface area (Å²) in [5, 5.41) is 0. The third-order valence-electron chi connectivity index (χ3n) is 2.25. The highest BCUT2D eigenvalue weighted by molar-refractivity contribution is 5.99. The molecule has 15 heavy (non-hydrogen) atoms. The largest absolute Gasteiger partial charge is 0.366 e. The predicted octanol–water partition coefficient (Wildman–Crippen LogP) is 0.968. The number of carbonyl (C=O) groups excluding carboxylic acids is 1. The fourth-order valence-electron chi connectivity index (χ4n) is 1.54. The van der Waals surface area contributed by atoms with Crippen molar-refractivity contribution in [1.29, 1.82) is 0 Å². The molecule has 0 spiro atoms. The van der Waals surface area contributed by atoms with Crippen LogP contribution in [0.15, 0.2) is 42.6 Å². The minimum absolute atomic E-state index is 0.452. The van der Waals surface area contributed by atoms with Crippen molar-refractivity contribution < 1.29 is 4.79 Å². The molecule has 0 bridgehead atoms. The molecule has 0 saturated carbocycles. The molecule has 1 aromatic carbocycles. The molecule has 2 aromatic rings. The molecule has 0 radical (unpaired) electrons. The number of primary amides is 1. The summed E-state index contributed by atoms with van der Waals surface area (Å²) in [7, 11) is 0. The second-order valence-corrected chi connectivity index (χ2v) is 3.21. The summed E-state index contributed by atoms with van der Waals surface area (Å²) >= 11 is 0. The number of amides is 1. The Bertz CT molecular complexity index is 502. The lowest BCUT2D eigenvalue weighted by atomic mass is 10.0. The molecule has 4 heteroatoms. The first-order valence-corrected chi connectivity index (χ1v) is 4.52. The number of hydrogen-bond donors (Lipinski definition) is 2. The summed E-state index contributed by atoms with van der Waals surface area (Å²) < 4.78 is 1.46. The van der Waals surface area contributed by atoms with Gasteiger partial charge in [0.15, 0.2) is 0 Å². The van der Waals surface area contributed by atoms with Gasteiger partial charge in [0.25, 0.3) is 0 Å². The van der Waals surface area contributed by atoms with Gasteiger partial charge in [-0.1, -0.05) is 18.2 Å². The standard InChI is InChI=1S/C11H11N3O/c12-11(15)9-5-2-1-4-8(9)10-6-3-7-14(10)13/h1-7H,13H2,(H2,12,15). The Labute approximate surface area is 87.1 Å². The van der Waals surface area contributed by atoms with Crippen LogP contribution >= 0.6 is 0 Å². The summed E-state index contributed by atoms with van der Waals surface area (Å²) in [4.78, 5) is 11.2. The van der Waals surface area contributed by atoms with E-state index in [1.165, 1.54) is 4.68 Å². The Hall–Kier alpha value is -2.23. The highest BCUT2D eigenvalue weighted by Gasteiger charge is 2.10. The first-order valence-electron chi connectivity index (χ1n) is 4.52. The summed E-state index contributed by atoms with van der Waals surface area (Å²) in [5.41, 5.74) is 7.27. The van der Waals surface area contributed by atoms with Gasteiger partial charge >= 0.3 is 0 Å². The van der Waals surface area contributed by atoms with Crippen LogP contribution < -0.4 is 11.6 Å². The van der Waals surface area contributed by atoms with Crippen molar-refractivity contribution in [2.24, 2.45) is 5.73 Å². The molecule has 76 valence electrons. The Morgan fingerprint density at radius 1 is 1.13 bits per heavy atom. The SMILES string of the molecule is NC(=O)c1ccccc1-c1cccn1N. The van der Waals surface area contributed by atoms with Crippen LogP contribution in [0.1, 0.15) is 10.4 Å². The topological polar surface area (TPSA) is 74.0 Å². The maximum absolute atomic E-state index is 11.2. The van der Waals surface area contributed by atoms with Crippen LogP contribution in [0.25, 0.3) is 11.3 Å². The van der Waals surface area contributed by atoms with Crippen LogP contribution in [-0.4, -0.2) is 10.6 Å². The van der Waals surface area contributed by atoms with Crippen LogP contribution in [0, 0.1) is 0 Å². The van der Waals surface area contributed by atoms with Crippen molar-refractivity contribution >= 4 is 5.91 Å². The lowest BCUT2D eigenvalue weighted by Gasteiger charge is -2.07. The monoisotopic (exact) mass is 201 g/mol. The average molecular weight is 201 g/mol. The minimum atomic E-state index is -0.452. The van der Waals surface area contributed by atoms with Crippen molar-refractivity contribution in [2.45, 2.75) is 0 Å². The van der Waals surface area contributed by atoms with Crippen molar-refractivity contribution in [3.05, 3.63) is 48.2 Å². The number of hydrogen-bond acceptors (Lipinski definition) is 2. The first-order chi connectivity index (χ1) is 7.20. The van der Waals surface area contributed by atoms with Crippen LogP contribution in [0.3, 0.4) is 0 Å². The Balaban J connectivity index is 2.63. The molecule has 1 heterocycles.